The molecule has 4 nitrogen and oxygen atoms in total. The fraction of sp³-hybridized carbons (Fsp3) is 0.357. The minimum atomic E-state index is 0.737. The van der Waals surface area contributed by atoms with E-state index in [1.807, 2.05) is 24.4 Å². The molecule has 0 fully saturated rings. The van der Waals surface area contributed by atoms with Gasteiger partial charge in [0.15, 0.2) is 0 Å². The van der Waals surface area contributed by atoms with Crippen LogP contribution in [0.3, 0.4) is 0 Å². The van der Waals surface area contributed by atoms with Gasteiger partial charge in [-0.2, -0.15) is 0 Å². The number of ether oxygens (including phenoxy) is 1. The average Bonchev–Trinajstić information content (AvgIpc) is 2.83. The molecular weight excluding hydrogens is 226 g/mol. The van der Waals surface area contributed by atoms with Crippen molar-refractivity contribution >= 4 is 0 Å². The fourth-order valence-corrected chi connectivity index (χ4v) is 1.82. The van der Waals surface area contributed by atoms with Crippen molar-refractivity contribution in [3.05, 3.63) is 54.1 Å². The van der Waals surface area contributed by atoms with Gasteiger partial charge in [0.05, 0.1) is 18.8 Å². The third kappa shape index (κ3) is 3.68. The third-order valence-corrected chi connectivity index (χ3v) is 2.77. The number of hydrogen-bond donors (Lipinski definition) is 1. The maximum Gasteiger partial charge on any atom is 0.0645 e. The van der Waals surface area contributed by atoms with Crippen molar-refractivity contribution in [1.29, 1.82) is 0 Å². The van der Waals surface area contributed by atoms with Gasteiger partial charge in [-0.3, -0.25) is 4.98 Å². The lowest BCUT2D eigenvalue weighted by Crippen LogP contribution is -2.20. The van der Waals surface area contributed by atoms with Crippen LogP contribution < -0.4 is 5.32 Å². The summed E-state index contributed by atoms with van der Waals surface area (Å²) in [6, 6.07) is 10.2. The van der Waals surface area contributed by atoms with Crippen molar-refractivity contribution in [2.45, 2.75) is 13.1 Å². The standard InChI is InChI=1S/C14H19N3O/c1-18-10-8-15-11-14-6-4-9-17(14)12-13-5-2-3-7-16-13/h2-7,9,15H,8,10-12H2,1H3. The molecule has 0 aliphatic rings. The van der Waals surface area contributed by atoms with Gasteiger partial charge >= 0.3 is 0 Å². The fourth-order valence-electron chi connectivity index (χ4n) is 1.82. The summed E-state index contributed by atoms with van der Waals surface area (Å²) < 4.78 is 7.22. The van der Waals surface area contributed by atoms with E-state index in [2.05, 4.69) is 33.2 Å². The lowest BCUT2D eigenvalue weighted by Gasteiger charge is -2.09. The highest BCUT2D eigenvalue weighted by atomic mass is 16.5. The van der Waals surface area contributed by atoms with E-state index >= 15 is 0 Å². The molecule has 0 bridgehead atoms. The van der Waals surface area contributed by atoms with Crippen LogP contribution in [-0.2, 0) is 17.8 Å². The molecule has 0 spiro atoms. The molecular formula is C14H19N3O. The molecule has 2 aromatic heterocycles. The zero-order valence-corrected chi connectivity index (χ0v) is 10.7. The van der Waals surface area contributed by atoms with E-state index in [1.54, 1.807) is 7.11 Å². The summed E-state index contributed by atoms with van der Waals surface area (Å²) in [5.74, 6) is 0. The first-order chi connectivity index (χ1) is 8.90. The molecule has 0 aliphatic carbocycles. The van der Waals surface area contributed by atoms with E-state index in [0.717, 1.165) is 31.9 Å². The Bertz CT molecular complexity index is 453. The van der Waals surface area contributed by atoms with Crippen LogP contribution >= 0.6 is 0 Å². The molecule has 2 aromatic rings. The predicted molar refractivity (Wildman–Crippen MR) is 71.4 cm³/mol. The van der Waals surface area contributed by atoms with E-state index in [4.69, 9.17) is 4.74 Å². The summed E-state index contributed by atoms with van der Waals surface area (Å²) in [6.45, 7) is 3.27. The van der Waals surface area contributed by atoms with E-state index in [1.165, 1.54) is 5.69 Å². The van der Waals surface area contributed by atoms with Gasteiger partial charge in [0, 0.05) is 38.3 Å². The summed E-state index contributed by atoms with van der Waals surface area (Å²) in [5, 5.41) is 3.35. The smallest absolute Gasteiger partial charge is 0.0645 e. The summed E-state index contributed by atoms with van der Waals surface area (Å²) in [5.41, 5.74) is 2.34. The summed E-state index contributed by atoms with van der Waals surface area (Å²) in [4.78, 5) is 4.34. The number of methoxy groups -OCH3 is 1. The first-order valence-corrected chi connectivity index (χ1v) is 6.13. The Morgan fingerprint density at radius 2 is 2.22 bits per heavy atom. The molecule has 0 aromatic carbocycles. The third-order valence-electron chi connectivity index (χ3n) is 2.77. The Hall–Kier alpha value is -1.65. The van der Waals surface area contributed by atoms with Crippen LogP contribution in [0, 0.1) is 0 Å². The van der Waals surface area contributed by atoms with Gasteiger partial charge < -0.3 is 14.6 Å². The molecule has 0 saturated heterocycles. The van der Waals surface area contributed by atoms with Crippen LogP contribution in [0.5, 0.6) is 0 Å². The zero-order valence-electron chi connectivity index (χ0n) is 10.7. The lowest BCUT2D eigenvalue weighted by molar-refractivity contribution is 0.199. The van der Waals surface area contributed by atoms with Crippen LogP contribution in [0.2, 0.25) is 0 Å². The van der Waals surface area contributed by atoms with Gasteiger partial charge in [-0.15, -0.1) is 0 Å². The molecule has 0 amide bonds. The summed E-state index contributed by atoms with van der Waals surface area (Å²) in [6.07, 6.45) is 3.91. The highest BCUT2D eigenvalue weighted by Gasteiger charge is 2.01. The summed E-state index contributed by atoms with van der Waals surface area (Å²) >= 11 is 0. The van der Waals surface area contributed by atoms with Crippen LogP contribution in [-0.4, -0.2) is 29.8 Å². The Morgan fingerprint density at radius 1 is 1.28 bits per heavy atom. The van der Waals surface area contributed by atoms with Gasteiger partial charge in [0.2, 0.25) is 0 Å². The Morgan fingerprint density at radius 3 is 3.00 bits per heavy atom. The van der Waals surface area contributed by atoms with E-state index < -0.39 is 0 Å². The first-order valence-electron chi connectivity index (χ1n) is 6.13. The minimum absolute atomic E-state index is 0.737. The monoisotopic (exact) mass is 245 g/mol. The molecule has 1 N–H and O–H groups in total. The first kappa shape index (κ1) is 12.8. The second-order valence-electron chi connectivity index (χ2n) is 4.12. The van der Waals surface area contributed by atoms with Crippen molar-refractivity contribution in [3.8, 4) is 0 Å². The number of nitrogens with one attached hydrogen (secondary N) is 1. The molecule has 0 aliphatic heterocycles. The van der Waals surface area contributed by atoms with Gasteiger partial charge in [-0.1, -0.05) is 6.07 Å². The van der Waals surface area contributed by atoms with E-state index in [0.29, 0.717) is 0 Å². The van der Waals surface area contributed by atoms with Crippen LogP contribution in [0.15, 0.2) is 42.7 Å². The minimum Gasteiger partial charge on any atom is -0.383 e. The number of nitrogens with zero attached hydrogens (tertiary/aromatic N) is 2. The number of hydrogen-bond acceptors (Lipinski definition) is 3. The Balaban J connectivity index is 1.91. The van der Waals surface area contributed by atoms with Crippen LogP contribution in [0.4, 0.5) is 0 Å². The topological polar surface area (TPSA) is 39.1 Å². The second-order valence-corrected chi connectivity index (χ2v) is 4.12. The molecule has 0 atom stereocenters. The van der Waals surface area contributed by atoms with Gasteiger partial charge in [-0.25, -0.2) is 0 Å². The number of pyridine rings is 1. The Kier molecular flexibility index (Phi) is 4.93. The molecule has 0 radical (unpaired) electrons. The van der Waals surface area contributed by atoms with Crippen molar-refractivity contribution < 1.29 is 4.74 Å². The van der Waals surface area contributed by atoms with Crippen molar-refractivity contribution in [3.63, 3.8) is 0 Å². The SMILES string of the molecule is COCCNCc1cccn1Cc1ccccn1. The van der Waals surface area contributed by atoms with E-state index in [9.17, 15) is 0 Å². The van der Waals surface area contributed by atoms with Gasteiger partial charge in [-0.05, 0) is 24.3 Å². The van der Waals surface area contributed by atoms with E-state index in [-0.39, 0.29) is 0 Å². The lowest BCUT2D eigenvalue weighted by atomic mass is 10.3. The predicted octanol–water partition coefficient (Wildman–Crippen LogP) is 1.67. The normalized spacial score (nSPS) is 10.7. The second kappa shape index (κ2) is 6.93. The maximum absolute atomic E-state index is 5.01. The molecule has 18 heavy (non-hydrogen) atoms. The highest BCUT2D eigenvalue weighted by molar-refractivity contribution is 5.11. The van der Waals surface area contributed by atoms with Crippen LogP contribution in [0.1, 0.15) is 11.4 Å². The molecule has 0 unspecified atom stereocenters. The van der Waals surface area contributed by atoms with Gasteiger partial charge in [0.1, 0.15) is 0 Å². The maximum atomic E-state index is 5.01. The van der Waals surface area contributed by atoms with Crippen molar-refractivity contribution in [2.75, 3.05) is 20.3 Å². The average molecular weight is 245 g/mol. The number of aromatic nitrogens is 2. The van der Waals surface area contributed by atoms with Crippen LogP contribution in [0.25, 0.3) is 0 Å². The highest BCUT2D eigenvalue weighted by Crippen LogP contribution is 2.05. The van der Waals surface area contributed by atoms with Gasteiger partial charge in [0.25, 0.3) is 0 Å². The largest absolute Gasteiger partial charge is 0.383 e. The van der Waals surface area contributed by atoms with Crippen molar-refractivity contribution in [2.24, 2.45) is 0 Å². The quantitative estimate of drug-likeness (QED) is 0.754. The molecule has 96 valence electrons. The molecule has 0 saturated carbocycles. The Labute approximate surface area is 108 Å². The molecule has 2 rings (SSSR count). The van der Waals surface area contributed by atoms with Crippen molar-refractivity contribution in [1.82, 2.24) is 14.9 Å². The molecule has 4 heteroatoms. The zero-order chi connectivity index (χ0) is 12.6. The number of rotatable bonds is 7. The summed E-state index contributed by atoms with van der Waals surface area (Å²) in [7, 11) is 1.71. The molecule has 2 heterocycles.